The van der Waals surface area contributed by atoms with Gasteiger partial charge in [-0.15, -0.1) is 0 Å². The van der Waals surface area contributed by atoms with Crippen molar-refractivity contribution in [1.29, 1.82) is 0 Å². The standard InChI is InChI=1S/C31H32ClN5O5/c1-18(29-35-28-24(8-7-23(34-28)30(38)39)37(29)17-21-12-15-40-21)36-13-10-19(11-14-36)22-4-3-5-25-27(22)42-31(2,41-25)26-9-6-20(32)16-33-26/h3-10,16,18,21,29H,11-15,17H2,1-2H3,(H,34,35)(H,38,39)/t18?,21-,29?,31+/m0/s1. The van der Waals surface area contributed by atoms with Crippen molar-refractivity contribution >= 4 is 34.6 Å². The second-order valence-corrected chi connectivity index (χ2v) is 11.7. The van der Waals surface area contributed by atoms with E-state index in [1.165, 1.54) is 5.57 Å². The van der Waals surface area contributed by atoms with Crippen LogP contribution in [0, 0.1) is 0 Å². The summed E-state index contributed by atoms with van der Waals surface area (Å²) in [5.41, 5.74) is 3.83. The Labute approximate surface area is 248 Å². The first-order valence-corrected chi connectivity index (χ1v) is 14.6. The molecule has 1 fully saturated rings. The summed E-state index contributed by atoms with van der Waals surface area (Å²) in [6.45, 7) is 7.19. The third kappa shape index (κ3) is 4.73. The molecule has 3 aromatic rings. The van der Waals surface area contributed by atoms with Gasteiger partial charge in [0.2, 0.25) is 0 Å². The van der Waals surface area contributed by atoms with Crippen LogP contribution >= 0.6 is 11.6 Å². The number of ether oxygens (including phenoxy) is 3. The summed E-state index contributed by atoms with van der Waals surface area (Å²) in [5.74, 6) is -0.0491. The Balaban J connectivity index is 1.09. The van der Waals surface area contributed by atoms with Crippen LogP contribution in [0.2, 0.25) is 5.02 Å². The number of aromatic carboxylic acids is 1. The van der Waals surface area contributed by atoms with Crippen molar-refractivity contribution in [2.45, 2.75) is 50.8 Å². The number of rotatable bonds is 7. The lowest BCUT2D eigenvalue weighted by molar-refractivity contribution is -0.0718. The van der Waals surface area contributed by atoms with Gasteiger partial charge < -0.3 is 29.5 Å². The molecule has 10 nitrogen and oxygen atoms in total. The molecule has 0 amide bonds. The SMILES string of the molecule is CC(C1Nc2nc(C(=O)O)ccc2N1C[C@@H]1CCO1)N1CC=C(c2cccc3c2O[C@](C)(c2ccc(Cl)cn2)O3)CC1. The fourth-order valence-corrected chi connectivity index (χ4v) is 6.26. The third-order valence-corrected chi connectivity index (χ3v) is 8.83. The van der Waals surface area contributed by atoms with Crippen LogP contribution in [0.25, 0.3) is 5.57 Å². The zero-order valence-electron chi connectivity index (χ0n) is 23.4. The normalized spacial score (nSPS) is 25.3. The number of halogens is 1. The van der Waals surface area contributed by atoms with Crippen molar-refractivity contribution in [2.75, 3.05) is 36.5 Å². The Morgan fingerprint density at radius 2 is 2.10 bits per heavy atom. The van der Waals surface area contributed by atoms with Gasteiger partial charge in [0.25, 0.3) is 5.79 Å². The molecule has 7 rings (SSSR count). The van der Waals surface area contributed by atoms with Crippen LogP contribution in [0.3, 0.4) is 0 Å². The molecule has 4 aliphatic rings. The van der Waals surface area contributed by atoms with E-state index >= 15 is 0 Å². The zero-order chi connectivity index (χ0) is 29.0. The zero-order valence-corrected chi connectivity index (χ0v) is 24.2. The summed E-state index contributed by atoms with van der Waals surface area (Å²) in [7, 11) is 0. The van der Waals surface area contributed by atoms with Crippen molar-refractivity contribution in [3.8, 4) is 11.5 Å². The Kier molecular flexibility index (Phi) is 6.72. The Morgan fingerprint density at radius 3 is 2.79 bits per heavy atom. The van der Waals surface area contributed by atoms with Crippen LogP contribution in [0.1, 0.15) is 48.4 Å². The topological polar surface area (TPSA) is 109 Å². The second-order valence-electron chi connectivity index (χ2n) is 11.3. The largest absolute Gasteiger partial charge is 0.477 e. The number of benzene rings is 1. The molecule has 0 saturated carbocycles. The lowest BCUT2D eigenvalue weighted by Gasteiger charge is -2.41. The summed E-state index contributed by atoms with van der Waals surface area (Å²) >= 11 is 6.04. The van der Waals surface area contributed by atoms with Crippen molar-refractivity contribution in [2.24, 2.45) is 0 Å². The number of carboxylic acid groups (broad SMARTS) is 1. The highest BCUT2D eigenvalue weighted by molar-refractivity contribution is 6.30. The number of fused-ring (bicyclic) bond motifs is 2. The van der Waals surface area contributed by atoms with E-state index in [9.17, 15) is 9.90 Å². The molecule has 0 spiro atoms. The summed E-state index contributed by atoms with van der Waals surface area (Å²) in [5, 5.41) is 13.5. The minimum absolute atomic E-state index is 0.0319. The highest BCUT2D eigenvalue weighted by atomic mass is 35.5. The monoisotopic (exact) mass is 589 g/mol. The Hall–Kier alpha value is -3.86. The quantitative estimate of drug-likeness (QED) is 0.391. The van der Waals surface area contributed by atoms with E-state index in [0.29, 0.717) is 22.3 Å². The van der Waals surface area contributed by atoms with Crippen LogP contribution < -0.4 is 19.7 Å². The van der Waals surface area contributed by atoms with Crippen LogP contribution in [-0.4, -0.2) is 70.5 Å². The maximum Gasteiger partial charge on any atom is 0.354 e. The maximum absolute atomic E-state index is 11.6. The van der Waals surface area contributed by atoms with E-state index in [0.717, 1.165) is 56.1 Å². The summed E-state index contributed by atoms with van der Waals surface area (Å²) in [6, 6.07) is 13.1. The first-order valence-electron chi connectivity index (χ1n) is 14.2. The van der Waals surface area contributed by atoms with Crippen molar-refractivity contribution in [3.05, 3.63) is 76.7 Å². The van der Waals surface area contributed by atoms with Crippen molar-refractivity contribution < 1.29 is 24.1 Å². The number of hydrogen-bond donors (Lipinski definition) is 2. The molecule has 4 aliphatic heterocycles. The van der Waals surface area contributed by atoms with Gasteiger partial charge in [0.05, 0.1) is 16.8 Å². The van der Waals surface area contributed by atoms with Gasteiger partial charge in [-0.3, -0.25) is 9.88 Å². The molecule has 0 bridgehead atoms. The van der Waals surface area contributed by atoms with Crippen molar-refractivity contribution in [3.63, 3.8) is 0 Å². The van der Waals surface area contributed by atoms with E-state index in [1.54, 1.807) is 18.3 Å². The Bertz CT molecular complexity index is 1560. The number of nitrogens with zero attached hydrogens (tertiary/aromatic N) is 4. The smallest absolute Gasteiger partial charge is 0.354 e. The molecule has 0 radical (unpaired) electrons. The van der Waals surface area contributed by atoms with Gasteiger partial charge in [-0.1, -0.05) is 29.8 Å². The van der Waals surface area contributed by atoms with Crippen LogP contribution in [0.4, 0.5) is 11.5 Å². The van der Waals surface area contributed by atoms with Gasteiger partial charge in [0, 0.05) is 51.0 Å². The van der Waals surface area contributed by atoms with Crippen LogP contribution in [0.5, 0.6) is 11.5 Å². The number of hydrogen-bond acceptors (Lipinski definition) is 9. The van der Waals surface area contributed by atoms with Crippen LogP contribution in [0.15, 0.2) is 54.7 Å². The molecule has 2 N–H and O–H groups in total. The van der Waals surface area contributed by atoms with E-state index in [2.05, 4.69) is 44.2 Å². The number of aromatic nitrogens is 2. The molecule has 6 heterocycles. The summed E-state index contributed by atoms with van der Waals surface area (Å²) in [6.07, 6.45) is 5.81. The summed E-state index contributed by atoms with van der Waals surface area (Å²) in [4.78, 5) is 25.1. The molecule has 2 unspecified atom stereocenters. The van der Waals surface area contributed by atoms with Gasteiger partial charge in [-0.05, 0) is 55.7 Å². The molecule has 1 aromatic carbocycles. The van der Waals surface area contributed by atoms with E-state index in [-0.39, 0.29) is 24.0 Å². The van der Waals surface area contributed by atoms with E-state index in [1.807, 2.05) is 31.2 Å². The van der Waals surface area contributed by atoms with Crippen molar-refractivity contribution in [1.82, 2.24) is 14.9 Å². The molecule has 218 valence electrons. The van der Waals surface area contributed by atoms with Gasteiger partial charge >= 0.3 is 5.97 Å². The number of anilines is 2. The van der Waals surface area contributed by atoms with Gasteiger partial charge in [0.1, 0.15) is 11.9 Å². The first-order chi connectivity index (χ1) is 20.3. The average molecular weight is 590 g/mol. The molecule has 0 aliphatic carbocycles. The number of nitrogens with one attached hydrogen (secondary N) is 1. The van der Waals surface area contributed by atoms with Gasteiger partial charge in [-0.25, -0.2) is 9.78 Å². The molecule has 4 atom stereocenters. The molecule has 1 saturated heterocycles. The average Bonchev–Trinajstić information content (AvgIpc) is 3.52. The predicted molar refractivity (Wildman–Crippen MR) is 158 cm³/mol. The molecule has 11 heteroatoms. The highest BCUT2D eigenvalue weighted by Crippen LogP contribution is 2.48. The first kappa shape index (κ1) is 27.0. The number of para-hydroxylation sites is 1. The maximum atomic E-state index is 11.6. The second kappa shape index (κ2) is 10.4. The lowest BCUT2D eigenvalue weighted by atomic mass is 9.97. The minimum Gasteiger partial charge on any atom is -0.477 e. The number of carbonyl (C=O) groups is 1. The molecular formula is C31H32ClN5O5. The fraction of sp³-hybridized carbons (Fsp3) is 0.387. The van der Waals surface area contributed by atoms with E-state index in [4.69, 9.17) is 25.8 Å². The lowest BCUT2D eigenvalue weighted by Crippen LogP contribution is -2.55. The number of pyridine rings is 2. The van der Waals surface area contributed by atoms with Gasteiger partial charge in [0.15, 0.2) is 23.0 Å². The molecule has 42 heavy (non-hydrogen) atoms. The summed E-state index contributed by atoms with van der Waals surface area (Å²) < 4.78 is 18.4. The van der Waals surface area contributed by atoms with Gasteiger partial charge in [-0.2, -0.15) is 0 Å². The number of carboxylic acids is 1. The highest BCUT2D eigenvalue weighted by Gasteiger charge is 2.42. The predicted octanol–water partition coefficient (Wildman–Crippen LogP) is 5.00. The third-order valence-electron chi connectivity index (χ3n) is 8.61. The Morgan fingerprint density at radius 1 is 1.24 bits per heavy atom. The fourth-order valence-electron chi connectivity index (χ4n) is 6.15. The minimum atomic E-state index is -1.04. The molecular weight excluding hydrogens is 558 g/mol. The van der Waals surface area contributed by atoms with E-state index < -0.39 is 11.8 Å². The molecule has 2 aromatic heterocycles. The van der Waals surface area contributed by atoms with Crippen LogP contribution in [-0.2, 0) is 10.5 Å².